The molecular formula is C53H61ClN8O5S. The van der Waals surface area contributed by atoms with E-state index in [1.54, 1.807) is 11.3 Å². The van der Waals surface area contributed by atoms with Gasteiger partial charge < -0.3 is 30.0 Å². The van der Waals surface area contributed by atoms with Gasteiger partial charge in [-0.15, -0.1) is 21.5 Å². The number of hydrogen-bond acceptors (Lipinski definition) is 10. The van der Waals surface area contributed by atoms with Crippen LogP contribution in [0.3, 0.4) is 0 Å². The van der Waals surface area contributed by atoms with Gasteiger partial charge in [-0.25, -0.2) is 0 Å². The van der Waals surface area contributed by atoms with Gasteiger partial charge in [0.25, 0.3) is 11.5 Å². The molecule has 356 valence electrons. The molecule has 3 aromatic carbocycles. The predicted octanol–water partition coefficient (Wildman–Crippen LogP) is 9.77. The normalized spacial score (nSPS) is 14.7. The SMILES string of the molecule is CCN(c1cc(-c2ccc(OCCCCCNC(=O)C[C@H]3N=C(c4ccc(Cl)cc4)c4c(sc(C)c4C)-n4c(C)nnc43)cc2)cc(C(=O)NCc2c(C)cc(C)[nH]c2=O)c1C)C1CCOCC1. The maximum Gasteiger partial charge on any atom is 0.253 e. The van der Waals surface area contributed by atoms with Crippen molar-refractivity contribution in [1.82, 2.24) is 30.4 Å². The van der Waals surface area contributed by atoms with E-state index < -0.39 is 6.04 Å². The third-order valence-corrected chi connectivity index (χ3v) is 14.6. The number of nitrogens with one attached hydrogen (secondary N) is 3. The number of halogens is 1. The molecule has 2 amide bonds. The minimum absolute atomic E-state index is 0.0933. The number of ether oxygens (including phenoxy) is 2. The van der Waals surface area contributed by atoms with E-state index in [0.29, 0.717) is 54.4 Å². The van der Waals surface area contributed by atoms with E-state index in [9.17, 15) is 14.4 Å². The Hall–Kier alpha value is -6.09. The number of rotatable bonds is 17. The van der Waals surface area contributed by atoms with Crippen LogP contribution >= 0.6 is 22.9 Å². The number of amides is 2. The molecule has 2 aliphatic rings. The Morgan fingerprint density at radius 2 is 1.63 bits per heavy atom. The summed E-state index contributed by atoms with van der Waals surface area (Å²) in [5.41, 5.74) is 10.3. The van der Waals surface area contributed by atoms with Gasteiger partial charge in [0.15, 0.2) is 5.82 Å². The average molecular weight is 958 g/mol. The van der Waals surface area contributed by atoms with Crippen LogP contribution in [-0.4, -0.2) is 76.2 Å². The monoisotopic (exact) mass is 956 g/mol. The molecule has 1 fully saturated rings. The zero-order chi connectivity index (χ0) is 48.1. The highest BCUT2D eigenvalue weighted by Crippen LogP contribution is 2.40. The minimum Gasteiger partial charge on any atom is -0.494 e. The Balaban J connectivity index is 0.876. The lowest BCUT2D eigenvalue weighted by Gasteiger charge is -2.37. The van der Waals surface area contributed by atoms with Gasteiger partial charge in [-0.2, -0.15) is 0 Å². The number of aromatic amines is 1. The van der Waals surface area contributed by atoms with Crippen LogP contribution in [0.2, 0.25) is 5.02 Å². The number of aromatic nitrogens is 4. The lowest BCUT2D eigenvalue weighted by atomic mass is 9.95. The standard InChI is InChI=1S/C53H61ClN8O5S/c1-8-61(41-20-24-66-25-21-41)46-28-39(27-43(34(46)5)51(64)56-30-44-31(2)26-32(3)57-52(44)65)37-14-18-42(19-15-37)67-23-11-9-10-22-55-47(63)29-45-50-60-59-36(7)62(50)53-48(33(4)35(6)68-53)49(58-45)38-12-16-40(54)17-13-38/h12-19,26-28,41,45H,8-11,20-25,29-30H2,1-7H3,(H,55,63)(H,56,64)(H,57,65)/t45-/m1/s1. The Morgan fingerprint density at radius 3 is 2.35 bits per heavy atom. The largest absolute Gasteiger partial charge is 0.494 e. The first-order chi connectivity index (χ1) is 32.8. The second kappa shape index (κ2) is 21.5. The van der Waals surface area contributed by atoms with Crippen molar-refractivity contribution < 1.29 is 19.1 Å². The summed E-state index contributed by atoms with van der Waals surface area (Å²) < 4.78 is 13.9. The number of anilines is 1. The summed E-state index contributed by atoms with van der Waals surface area (Å²) >= 11 is 7.95. The van der Waals surface area contributed by atoms with Gasteiger partial charge in [0.05, 0.1) is 18.7 Å². The first kappa shape index (κ1) is 48.4. The van der Waals surface area contributed by atoms with Crippen LogP contribution in [0.5, 0.6) is 5.75 Å². The van der Waals surface area contributed by atoms with E-state index in [0.717, 1.165) is 111 Å². The van der Waals surface area contributed by atoms with E-state index in [-0.39, 0.29) is 30.3 Å². The number of carbonyl (C=O) groups excluding carboxylic acids is 2. The molecular weight excluding hydrogens is 896 g/mol. The summed E-state index contributed by atoms with van der Waals surface area (Å²) in [4.78, 5) is 51.9. The van der Waals surface area contributed by atoms with Crippen molar-refractivity contribution in [3.05, 3.63) is 143 Å². The lowest BCUT2D eigenvalue weighted by molar-refractivity contribution is -0.121. The summed E-state index contributed by atoms with van der Waals surface area (Å²) in [6, 6.07) is 21.5. The molecule has 0 spiro atoms. The summed E-state index contributed by atoms with van der Waals surface area (Å²) in [6.07, 6.45) is 4.48. The Bertz CT molecular complexity index is 2880. The number of aliphatic imine (C=N–C) groups is 1. The predicted molar refractivity (Wildman–Crippen MR) is 271 cm³/mol. The van der Waals surface area contributed by atoms with Gasteiger partial charge in [-0.3, -0.25) is 23.9 Å². The van der Waals surface area contributed by atoms with Gasteiger partial charge >= 0.3 is 0 Å². The van der Waals surface area contributed by atoms with Gasteiger partial charge in [0, 0.05) is 82.4 Å². The molecule has 6 aromatic rings. The molecule has 1 saturated heterocycles. The van der Waals surface area contributed by atoms with E-state index in [1.165, 1.54) is 4.88 Å². The lowest BCUT2D eigenvalue weighted by Crippen LogP contribution is -2.40. The maximum atomic E-state index is 14.0. The first-order valence-corrected chi connectivity index (χ1v) is 24.8. The molecule has 68 heavy (non-hydrogen) atoms. The molecule has 2 aliphatic heterocycles. The van der Waals surface area contributed by atoms with Crippen LogP contribution in [0.15, 0.2) is 76.5 Å². The van der Waals surface area contributed by atoms with Gasteiger partial charge in [-0.1, -0.05) is 35.9 Å². The van der Waals surface area contributed by atoms with Crippen LogP contribution in [0.1, 0.15) is 117 Å². The summed E-state index contributed by atoms with van der Waals surface area (Å²) in [7, 11) is 0. The molecule has 0 saturated carbocycles. The molecule has 0 radical (unpaired) electrons. The Morgan fingerprint density at radius 1 is 0.897 bits per heavy atom. The fourth-order valence-corrected chi connectivity index (χ4v) is 10.7. The molecule has 3 aromatic heterocycles. The average Bonchev–Trinajstić information content (AvgIpc) is 3.81. The van der Waals surface area contributed by atoms with E-state index >= 15 is 0 Å². The highest BCUT2D eigenvalue weighted by atomic mass is 35.5. The number of aryl methyl sites for hydroxylation is 4. The number of H-pyrrole nitrogens is 1. The quantitative estimate of drug-likeness (QED) is 0.0764. The number of fused-ring (bicyclic) bond motifs is 3. The molecule has 3 N–H and O–H groups in total. The van der Waals surface area contributed by atoms with E-state index in [1.807, 2.05) is 88.4 Å². The van der Waals surface area contributed by atoms with Crippen LogP contribution in [0, 0.1) is 41.5 Å². The summed E-state index contributed by atoms with van der Waals surface area (Å²) in [6.45, 7) is 17.5. The number of unbranched alkanes of at least 4 members (excludes halogenated alkanes) is 2. The molecule has 15 heteroatoms. The van der Waals surface area contributed by atoms with Crippen LogP contribution in [0.4, 0.5) is 5.69 Å². The van der Waals surface area contributed by atoms with Gasteiger partial charge in [0.2, 0.25) is 5.91 Å². The molecule has 5 heterocycles. The van der Waals surface area contributed by atoms with Crippen molar-refractivity contribution in [2.75, 3.05) is 37.8 Å². The molecule has 0 unspecified atom stereocenters. The van der Waals surface area contributed by atoms with Gasteiger partial charge in [0.1, 0.15) is 22.6 Å². The number of thiophene rings is 1. The molecule has 1 atom stereocenters. The molecule has 0 bridgehead atoms. The summed E-state index contributed by atoms with van der Waals surface area (Å²) in [5.74, 6) is 1.85. The Labute approximate surface area is 407 Å². The van der Waals surface area contributed by atoms with Crippen LogP contribution < -0.4 is 25.8 Å². The van der Waals surface area contributed by atoms with Crippen molar-refractivity contribution in [3.8, 4) is 21.9 Å². The number of benzene rings is 3. The smallest absolute Gasteiger partial charge is 0.253 e. The van der Waals surface area contributed by atoms with Crippen molar-refractivity contribution in [3.63, 3.8) is 0 Å². The highest BCUT2D eigenvalue weighted by Gasteiger charge is 2.33. The topological polar surface area (TPSA) is 156 Å². The van der Waals surface area contributed by atoms with Crippen molar-refractivity contribution in [2.24, 2.45) is 4.99 Å². The zero-order valence-corrected chi connectivity index (χ0v) is 41.6. The number of hydrogen-bond donors (Lipinski definition) is 3. The fraction of sp³-hybridized carbons (Fsp3) is 0.396. The second-order valence-electron chi connectivity index (χ2n) is 17.8. The first-order valence-electron chi connectivity index (χ1n) is 23.6. The number of pyridine rings is 1. The third kappa shape index (κ3) is 10.6. The summed E-state index contributed by atoms with van der Waals surface area (Å²) in [5, 5.41) is 16.8. The van der Waals surface area contributed by atoms with E-state index in [4.69, 9.17) is 26.1 Å². The van der Waals surface area contributed by atoms with Crippen molar-refractivity contribution in [2.45, 2.75) is 106 Å². The highest BCUT2D eigenvalue weighted by molar-refractivity contribution is 7.15. The molecule has 13 nitrogen and oxygen atoms in total. The van der Waals surface area contributed by atoms with E-state index in [2.05, 4.69) is 62.1 Å². The molecule has 0 aliphatic carbocycles. The number of carbonyl (C=O) groups is 2. The van der Waals surface area contributed by atoms with Gasteiger partial charge in [-0.05, 0) is 151 Å². The van der Waals surface area contributed by atoms with Crippen LogP contribution in [-0.2, 0) is 16.1 Å². The van der Waals surface area contributed by atoms with Crippen molar-refractivity contribution in [1.29, 1.82) is 0 Å². The minimum atomic E-state index is -0.523. The molecule has 8 rings (SSSR count). The number of nitrogens with zero attached hydrogens (tertiary/aromatic N) is 5. The van der Waals surface area contributed by atoms with Crippen LogP contribution in [0.25, 0.3) is 16.1 Å². The zero-order valence-electron chi connectivity index (χ0n) is 40.1. The third-order valence-electron chi connectivity index (χ3n) is 13.2. The van der Waals surface area contributed by atoms with Crippen molar-refractivity contribution >= 4 is 46.2 Å². The Kier molecular flexibility index (Phi) is 15.3. The fourth-order valence-electron chi connectivity index (χ4n) is 9.33. The maximum absolute atomic E-state index is 14.0. The second-order valence-corrected chi connectivity index (χ2v) is 19.5.